The molecule has 1 fully saturated rings. The van der Waals surface area contributed by atoms with Gasteiger partial charge in [-0.2, -0.15) is 5.26 Å². The van der Waals surface area contributed by atoms with Crippen LogP contribution in [-0.4, -0.2) is 66.0 Å². The molecule has 178 valence electrons. The first-order valence-electron chi connectivity index (χ1n) is 11.5. The number of hydrogen-bond acceptors (Lipinski definition) is 7. The van der Waals surface area contributed by atoms with Crippen LogP contribution >= 0.6 is 0 Å². The Bertz CT molecular complexity index is 1210. The lowest BCUT2D eigenvalue weighted by molar-refractivity contribution is -0.118. The fraction of sp³-hybridized carbons (Fsp3) is 0.269. The number of nitrogens with zero attached hydrogens (tertiary/aromatic N) is 5. The third-order valence-electron chi connectivity index (χ3n) is 5.70. The highest BCUT2D eigenvalue weighted by atomic mass is 16.2. The summed E-state index contributed by atoms with van der Waals surface area (Å²) in [7, 11) is 0. The largest absolute Gasteiger partial charge is 0.368 e. The number of benzene rings is 2. The lowest BCUT2D eigenvalue weighted by atomic mass is 10.1. The molecule has 1 saturated heterocycles. The maximum atomic E-state index is 12.9. The molecule has 0 aliphatic carbocycles. The Balaban J connectivity index is 1.47. The van der Waals surface area contributed by atoms with Crippen molar-refractivity contribution in [3.8, 4) is 17.5 Å². The molecule has 1 aliphatic heterocycles. The molecule has 1 aromatic heterocycles. The minimum atomic E-state index is -0.0754. The Kier molecular flexibility index (Phi) is 7.53. The van der Waals surface area contributed by atoms with E-state index in [0.29, 0.717) is 62.0 Å². The van der Waals surface area contributed by atoms with Gasteiger partial charge in [0.15, 0.2) is 5.82 Å². The molecule has 2 aromatic carbocycles. The third-order valence-corrected chi connectivity index (χ3v) is 5.70. The van der Waals surface area contributed by atoms with E-state index in [4.69, 9.17) is 10.2 Å². The number of piperazine rings is 1. The lowest BCUT2D eigenvalue weighted by Crippen LogP contribution is -2.49. The summed E-state index contributed by atoms with van der Waals surface area (Å²) in [6.07, 6.45) is 0. The molecule has 0 radical (unpaired) electrons. The molecule has 0 spiro atoms. The highest BCUT2D eigenvalue weighted by Crippen LogP contribution is 2.23. The highest BCUT2D eigenvalue weighted by Gasteiger charge is 2.24. The Morgan fingerprint density at radius 2 is 1.69 bits per heavy atom. The fourth-order valence-electron chi connectivity index (χ4n) is 3.84. The number of anilines is 2. The zero-order chi connectivity index (χ0) is 24.6. The molecule has 9 nitrogen and oxygen atoms in total. The third kappa shape index (κ3) is 6.12. The molecule has 3 aromatic rings. The van der Waals surface area contributed by atoms with Gasteiger partial charge in [0.25, 0.3) is 5.91 Å². The van der Waals surface area contributed by atoms with Gasteiger partial charge in [-0.1, -0.05) is 30.3 Å². The fourth-order valence-corrected chi connectivity index (χ4v) is 3.84. The van der Waals surface area contributed by atoms with E-state index < -0.39 is 0 Å². The van der Waals surface area contributed by atoms with Crippen LogP contribution in [0.25, 0.3) is 11.4 Å². The van der Waals surface area contributed by atoms with Gasteiger partial charge in [-0.05, 0) is 24.3 Å². The van der Waals surface area contributed by atoms with Gasteiger partial charge in [-0.25, -0.2) is 9.97 Å². The molecular formula is C26H27N7O2. The maximum absolute atomic E-state index is 12.9. The van der Waals surface area contributed by atoms with E-state index >= 15 is 0 Å². The van der Waals surface area contributed by atoms with Gasteiger partial charge in [-0.15, -0.1) is 0 Å². The quantitative estimate of drug-likeness (QED) is 0.511. The first-order chi connectivity index (χ1) is 17.0. The van der Waals surface area contributed by atoms with Crippen molar-refractivity contribution < 1.29 is 9.59 Å². The Hall–Kier alpha value is -4.45. The van der Waals surface area contributed by atoms with E-state index in [-0.39, 0.29) is 11.8 Å². The Morgan fingerprint density at radius 3 is 2.34 bits per heavy atom. The summed E-state index contributed by atoms with van der Waals surface area (Å²) in [5.41, 5.74) is 2.02. The number of nitriles is 1. The monoisotopic (exact) mass is 469 g/mol. The molecule has 0 atom stereocenters. The molecule has 0 bridgehead atoms. The molecule has 0 unspecified atom stereocenters. The zero-order valence-electron chi connectivity index (χ0n) is 19.6. The van der Waals surface area contributed by atoms with Crippen LogP contribution in [0.3, 0.4) is 0 Å². The summed E-state index contributed by atoms with van der Waals surface area (Å²) in [5.74, 6) is 1.96. The molecule has 1 aliphatic rings. The van der Waals surface area contributed by atoms with Crippen molar-refractivity contribution in [2.24, 2.45) is 0 Å². The van der Waals surface area contributed by atoms with Gasteiger partial charge in [0.05, 0.1) is 11.6 Å². The summed E-state index contributed by atoms with van der Waals surface area (Å²) < 4.78 is 0. The van der Waals surface area contributed by atoms with Crippen molar-refractivity contribution in [1.29, 1.82) is 5.26 Å². The second-order valence-corrected chi connectivity index (χ2v) is 8.18. The Morgan fingerprint density at radius 1 is 0.971 bits per heavy atom. The first kappa shape index (κ1) is 23.7. The van der Waals surface area contributed by atoms with E-state index in [0.717, 1.165) is 11.4 Å². The predicted octanol–water partition coefficient (Wildman–Crippen LogP) is 2.53. The average molecular weight is 470 g/mol. The van der Waals surface area contributed by atoms with Crippen molar-refractivity contribution in [3.05, 3.63) is 71.8 Å². The molecule has 35 heavy (non-hydrogen) atoms. The number of hydrogen-bond donors (Lipinski definition) is 2. The number of nitrogens with one attached hydrogen (secondary N) is 2. The van der Waals surface area contributed by atoms with Gasteiger partial charge < -0.3 is 20.4 Å². The summed E-state index contributed by atoms with van der Waals surface area (Å²) in [4.78, 5) is 37.5. The maximum Gasteiger partial charge on any atom is 0.253 e. The second-order valence-electron chi connectivity index (χ2n) is 8.18. The second kappa shape index (κ2) is 11.1. The summed E-state index contributed by atoms with van der Waals surface area (Å²) >= 11 is 0. The van der Waals surface area contributed by atoms with Crippen LogP contribution in [0.15, 0.2) is 60.7 Å². The van der Waals surface area contributed by atoms with Crippen LogP contribution in [0, 0.1) is 11.3 Å². The van der Waals surface area contributed by atoms with Gasteiger partial charge in [0.2, 0.25) is 5.91 Å². The SMILES string of the molecule is CC(=O)NCCNc1cc(N2CCN(C(=O)c3ccc(C#N)cc3)CC2)nc(-c2ccccc2)n1. The van der Waals surface area contributed by atoms with Gasteiger partial charge in [-0.3, -0.25) is 9.59 Å². The van der Waals surface area contributed by atoms with E-state index in [1.54, 1.807) is 24.3 Å². The molecule has 2 heterocycles. The normalized spacial score (nSPS) is 13.1. The number of rotatable bonds is 7. The van der Waals surface area contributed by atoms with Crippen molar-refractivity contribution in [2.45, 2.75) is 6.92 Å². The molecule has 2 N–H and O–H groups in total. The predicted molar refractivity (Wildman–Crippen MR) is 134 cm³/mol. The van der Waals surface area contributed by atoms with Crippen LogP contribution in [0.5, 0.6) is 0 Å². The number of carbonyl (C=O) groups excluding carboxylic acids is 2. The van der Waals surface area contributed by atoms with Crippen molar-refractivity contribution >= 4 is 23.5 Å². The molecule has 0 saturated carbocycles. The molecule has 9 heteroatoms. The summed E-state index contributed by atoms with van der Waals surface area (Å²) in [6.45, 7) is 4.92. The van der Waals surface area contributed by atoms with Crippen LogP contribution in [0.1, 0.15) is 22.8 Å². The van der Waals surface area contributed by atoms with Gasteiger partial charge >= 0.3 is 0 Å². The Labute approximate surface area is 204 Å². The molecular weight excluding hydrogens is 442 g/mol. The van der Waals surface area contributed by atoms with Crippen molar-refractivity contribution in [1.82, 2.24) is 20.2 Å². The molecule has 4 rings (SSSR count). The van der Waals surface area contributed by atoms with Gasteiger partial charge in [0, 0.05) is 63.4 Å². The van der Waals surface area contributed by atoms with Crippen molar-refractivity contribution in [2.75, 3.05) is 49.5 Å². The van der Waals surface area contributed by atoms with Gasteiger partial charge in [0.1, 0.15) is 11.6 Å². The minimum absolute atomic E-state index is 0.0397. The standard InChI is InChI=1S/C26H27N7O2/c1-19(34)28-11-12-29-23-17-24(31-25(30-23)21-5-3-2-4-6-21)32-13-15-33(16-14-32)26(35)22-9-7-20(18-27)8-10-22/h2-10,17H,11-16H2,1H3,(H,28,34)(H,29,30,31). The van der Waals surface area contributed by atoms with Crippen LogP contribution in [-0.2, 0) is 4.79 Å². The minimum Gasteiger partial charge on any atom is -0.368 e. The molecule has 2 amide bonds. The van der Waals surface area contributed by atoms with E-state index in [2.05, 4.69) is 26.6 Å². The topological polar surface area (TPSA) is 114 Å². The summed E-state index contributed by atoms with van der Waals surface area (Å²) in [6, 6.07) is 20.5. The number of aromatic nitrogens is 2. The van der Waals surface area contributed by atoms with E-state index in [9.17, 15) is 9.59 Å². The average Bonchev–Trinajstić information content (AvgIpc) is 2.91. The van der Waals surface area contributed by atoms with E-state index in [1.165, 1.54) is 6.92 Å². The smallest absolute Gasteiger partial charge is 0.253 e. The van der Waals surface area contributed by atoms with Crippen LogP contribution < -0.4 is 15.5 Å². The lowest BCUT2D eigenvalue weighted by Gasteiger charge is -2.35. The van der Waals surface area contributed by atoms with E-state index in [1.807, 2.05) is 41.3 Å². The first-order valence-corrected chi connectivity index (χ1v) is 11.5. The summed E-state index contributed by atoms with van der Waals surface area (Å²) in [5, 5.41) is 15.0. The van der Waals surface area contributed by atoms with Crippen LogP contribution in [0.2, 0.25) is 0 Å². The zero-order valence-corrected chi connectivity index (χ0v) is 19.6. The highest BCUT2D eigenvalue weighted by molar-refractivity contribution is 5.94. The van der Waals surface area contributed by atoms with Crippen molar-refractivity contribution in [3.63, 3.8) is 0 Å². The number of amides is 2. The number of carbonyl (C=O) groups is 2. The van der Waals surface area contributed by atoms with Crippen LogP contribution in [0.4, 0.5) is 11.6 Å².